The van der Waals surface area contributed by atoms with Crippen molar-refractivity contribution in [2.24, 2.45) is 0 Å². The Kier molecular flexibility index (Phi) is 11.1. The van der Waals surface area contributed by atoms with Gasteiger partial charge in [-0.25, -0.2) is 4.79 Å². The molecule has 9 rings (SSSR count). The second-order valence-electron chi connectivity index (χ2n) is 18.5. The number of anilines is 1. The minimum Gasteiger partial charge on any atom is -0.508 e. The van der Waals surface area contributed by atoms with E-state index in [4.69, 9.17) is 4.98 Å². The van der Waals surface area contributed by atoms with Gasteiger partial charge in [-0.05, 0) is 94.3 Å². The van der Waals surface area contributed by atoms with E-state index >= 15 is 0 Å². The van der Waals surface area contributed by atoms with Gasteiger partial charge in [-0.1, -0.05) is 96.1 Å². The number of hydrogen-bond donors (Lipinski definition) is 4. The van der Waals surface area contributed by atoms with Gasteiger partial charge in [-0.3, -0.25) is 19.4 Å². The summed E-state index contributed by atoms with van der Waals surface area (Å²) in [5, 5.41) is 25.0. The van der Waals surface area contributed by atoms with Crippen molar-refractivity contribution >= 4 is 45.0 Å². The van der Waals surface area contributed by atoms with Gasteiger partial charge in [-0.15, -0.1) is 8.78 Å². The number of carboxylic acids is 1. The number of ketones is 1. The molecule has 0 radical (unpaired) electrons. The van der Waals surface area contributed by atoms with E-state index in [0.717, 1.165) is 21.9 Å². The smallest absolute Gasteiger partial charge is 0.508 e. The summed E-state index contributed by atoms with van der Waals surface area (Å²) in [6.07, 6.45) is -1.04. The number of carboxylic acid groups (broad SMARTS) is 1. The first-order valence-corrected chi connectivity index (χ1v) is 21.1. The van der Waals surface area contributed by atoms with Gasteiger partial charge in [0, 0.05) is 51.9 Å². The number of nitrogens with zero attached hydrogens (tertiary/aromatic N) is 1. The van der Waals surface area contributed by atoms with E-state index in [0.29, 0.717) is 51.9 Å². The average molecular weight is 880 g/mol. The number of carbonyl (C=O) groups is 3. The fraction of sp³-hybridized carbons (Fsp3) is 0.250. The number of aromatic hydroxyl groups is 1. The van der Waals surface area contributed by atoms with Gasteiger partial charge in [-0.2, -0.15) is 0 Å². The van der Waals surface area contributed by atoms with Crippen molar-refractivity contribution in [2.75, 3.05) is 5.32 Å². The molecular weight excluding hydrogens is 833 g/mol. The third-order valence-electron chi connectivity index (χ3n) is 11.8. The molecule has 0 bridgehead atoms. The lowest BCUT2D eigenvalue weighted by molar-refractivity contribution is -0.286. The van der Waals surface area contributed by atoms with Crippen molar-refractivity contribution in [1.82, 2.24) is 9.97 Å². The molecule has 1 amide bonds. The molecule has 65 heavy (non-hydrogen) atoms. The van der Waals surface area contributed by atoms with Crippen LogP contribution in [0.1, 0.15) is 97.5 Å². The molecule has 5 aromatic carbocycles. The molecule has 13 heteroatoms. The van der Waals surface area contributed by atoms with E-state index in [1.165, 1.54) is 24.4 Å². The van der Waals surface area contributed by atoms with Crippen molar-refractivity contribution in [3.05, 3.63) is 159 Å². The number of aromatic amines is 1. The third-order valence-corrected chi connectivity index (χ3v) is 11.8. The highest BCUT2D eigenvalue weighted by Gasteiger charge is 2.52. The molecule has 7 aromatic rings. The summed E-state index contributed by atoms with van der Waals surface area (Å²) >= 11 is 0. The Morgan fingerprint density at radius 3 is 2.15 bits per heavy atom. The Bertz CT molecular complexity index is 3120. The molecule has 1 saturated carbocycles. The Balaban J connectivity index is 0.000000182. The van der Waals surface area contributed by atoms with Gasteiger partial charge < -0.3 is 30.0 Å². The van der Waals surface area contributed by atoms with Crippen molar-refractivity contribution < 1.29 is 42.9 Å². The molecule has 11 nitrogen and oxygen atoms in total. The van der Waals surface area contributed by atoms with Crippen LogP contribution in [0.15, 0.2) is 120 Å². The number of phenols is 1. The van der Waals surface area contributed by atoms with Crippen LogP contribution in [0.3, 0.4) is 0 Å². The maximum Gasteiger partial charge on any atom is 0.586 e. The van der Waals surface area contributed by atoms with E-state index in [2.05, 4.69) is 19.8 Å². The molecule has 2 aromatic heterocycles. The zero-order chi connectivity index (χ0) is 46.6. The Morgan fingerprint density at radius 1 is 0.785 bits per heavy atom. The summed E-state index contributed by atoms with van der Waals surface area (Å²) < 4.78 is 35.9. The number of ether oxygens (including phenoxy) is 2. The number of alkyl halides is 2. The summed E-state index contributed by atoms with van der Waals surface area (Å²) in [5.41, 5.74) is 3.81. The molecule has 4 N–H and O–H groups in total. The van der Waals surface area contributed by atoms with Crippen LogP contribution in [0.2, 0.25) is 0 Å². The van der Waals surface area contributed by atoms with Crippen LogP contribution in [-0.2, 0) is 27.5 Å². The number of phenolic OH excluding ortho intramolecular Hbond substituents is 1. The predicted molar refractivity (Wildman–Crippen MR) is 244 cm³/mol. The van der Waals surface area contributed by atoms with Gasteiger partial charge in [0.1, 0.15) is 17.1 Å². The lowest BCUT2D eigenvalue weighted by Gasteiger charge is -2.28. The molecule has 1 aliphatic carbocycles. The molecule has 2 aliphatic rings. The lowest BCUT2D eigenvalue weighted by Crippen LogP contribution is -2.26. The molecule has 3 heterocycles. The SMILES string of the molecule is CC(C)(C)c1cc(C(C)(C)C)c(NC(=O)c2c[nH]c3ccccc3c2=O)cc1O.O=C(O)c1cccc(-c2nc(CC(=O)C3(c4ccc5c(c4)OC(F)(F)O5)CC3)cc3ccccc23)c1. The van der Waals surface area contributed by atoms with Gasteiger partial charge in [0.25, 0.3) is 5.91 Å². The van der Waals surface area contributed by atoms with E-state index in [9.17, 15) is 38.2 Å². The first-order chi connectivity index (χ1) is 30.6. The van der Waals surface area contributed by atoms with E-state index in [1.807, 2.05) is 84.0 Å². The van der Waals surface area contributed by atoms with E-state index in [-0.39, 0.29) is 56.8 Å². The number of benzene rings is 5. The highest BCUT2D eigenvalue weighted by atomic mass is 19.3. The van der Waals surface area contributed by atoms with Crippen LogP contribution in [0.4, 0.5) is 14.5 Å². The number of aromatic nitrogens is 2. The third kappa shape index (κ3) is 8.91. The first kappa shape index (κ1) is 44.2. The molecular formula is C52H47F2N3O8. The van der Waals surface area contributed by atoms with Crippen LogP contribution in [0, 0.1) is 0 Å². The normalized spacial score (nSPS) is 14.6. The molecule has 0 saturated heterocycles. The number of rotatable bonds is 8. The monoisotopic (exact) mass is 879 g/mol. The number of amides is 1. The molecule has 0 unspecified atom stereocenters. The van der Waals surface area contributed by atoms with Crippen LogP contribution in [0.5, 0.6) is 17.2 Å². The van der Waals surface area contributed by atoms with Gasteiger partial charge in [0.2, 0.25) is 5.43 Å². The Labute approximate surface area is 373 Å². The predicted octanol–water partition coefficient (Wildman–Crippen LogP) is 10.8. The summed E-state index contributed by atoms with van der Waals surface area (Å²) in [4.78, 5) is 58.5. The number of H-pyrrole nitrogens is 1. The summed E-state index contributed by atoms with van der Waals surface area (Å²) in [6.45, 7) is 12.2. The highest BCUT2D eigenvalue weighted by Crippen LogP contribution is 2.53. The van der Waals surface area contributed by atoms with Crippen LogP contribution in [-0.4, -0.2) is 44.1 Å². The number of pyridine rings is 2. The molecule has 1 fully saturated rings. The van der Waals surface area contributed by atoms with Crippen LogP contribution in [0.25, 0.3) is 32.9 Å². The number of aromatic carboxylic acids is 1. The number of halogens is 2. The number of Topliss-reactive ketones (excluding diaryl/α,β-unsaturated/α-hetero) is 1. The van der Waals surface area contributed by atoms with Crippen molar-refractivity contribution in [1.29, 1.82) is 0 Å². The zero-order valence-corrected chi connectivity index (χ0v) is 36.6. The van der Waals surface area contributed by atoms with E-state index < -0.39 is 23.6 Å². The number of nitrogens with one attached hydrogen (secondary N) is 2. The molecule has 332 valence electrons. The van der Waals surface area contributed by atoms with Crippen LogP contribution >= 0.6 is 0 Å². The molecule has 0 spiro atoms. The second kappa shape index (κ2) is 16.3. The number of para-hydroxylation sites is 1. The fourth-order valence-electron chi connectivity index (χ4n) is 8.24. The van der Waals surface area contributed by atoms with Gasteiger partial charge in [0.05, 0.1) is 16.7 Å². The summed E-state index contributed by atoms with van der Waals surface area (Å²) in [6, 6.07) is 31.0. The van der Waals surface area contributed by atoms with Crippen molar-refractivity contribution in [3.63, 3.8) is 0 Å². The average Bonchev–Trinajstić information content (AvgIpc) is 4.00. The van der Waals surface area contributed by atoms with Crippen molar-refractivity contribution in [2.45, 2.75) is 83.3 Å². The number of carbonyl (C=O) groups excluding carboxylic acids is 2. The minimum absolute atomic E-state index is 0.0305. The Hall–Kier alpha value is -7.41. The summed E-state index contributed by atoms with van der Waals surface area (Å²) in [7, 11) is 0. The largest absolute Gasteiger partial charge is 0.586 e. The quantitative estimate of drug-likeness (QED) is 0.116. The standard InChI is InChI=1S/C28H19F2NO5.C24H28N2O3/c29-28(30)35-22-9-8-19(14-23(22)36-28)27(10-11-27)24(32)15-20-13-16-4-1-2-7-21(16)25(31-20)17-5-3-6-18(12-17)26(33)34;1-23(2,3)16-11-17(24(4,5)6)20(27)12-19(16)26-22(29)15-13-25-18-10-8-7-9-14(18)21(15)28/h1-9,12-14H,10-11,15H2,(H,33,34);7-13,27H,1-6H3,(H,25,28)(H,26,29). The van der Waals surface area contributed by atoms with E-state index in [1.54, 1.807) is 48.5 Å². The fourth-order valence-corrected chi connectivity index (χ4v) is 8.24. The molecule has 1 aliphatic heterocycles. The van der Waals surface area contributed by atoms with Gasteiger partial charge >= 0.3 is 12.3 Å². The van der Waals surface area contributed by atoms with Crippen LogP contribution < -0.4 is 20.2 Å². The first-order valence-electron chi connectivity index (χ1n) is 21.1. The van der Waals surface area contributed by atoms with Crippen molar-refractivity contribution in [3.8, 4) is 28.5 Å². The highest BCUT2D eigenvalue weighted by molar-refractivity contribution is 6.06. The maximum absolute atomic E-state index is 13.5. The maximum atomic E-state index is 13.5. The molecule has 0 atom stereocenters. The number of hydrogen-bond acceptors (Lipinski definition) is 8. The number of fused-ring (bicyclic) bond motifs is 3. The lowest BCUT2D eigenvalue weighted by atomic mass is 9.79. The minimum atomic E-state index is -3.72. The zero-order valence-electron chi connectivity index (χ0n) is 36.6. The second-order valence-corrected chi connectivity index (χ2v) is 18.5. The topological polar surface area (TPSA) is 168 Å². The van der Waals surface area contributed by atoms with Gasteiger partial charge in [0.15, 0.2) is 11.5 Å². The summed E-state index contributed by atoms with van der Waals surface area (Å²) in [5.74, 6) is -1.64. The Morgan fingerprint density at radius 2 is 1.46 bits per heavy atom.